The maximum absolute atomic E-state index is 12.3. The molecule has 0 aliphatic heterocycles. The topological polar surface area (TPSA) is 99.0 Å². The summed E-state index contributed by atoms with van der Waals surface area (Å²) < 4.78 is 6.24. The van der Waals surface area contributed by atoms with Crippen molar-refractivity contribution in [1.82, 2.24) is 19.5 Å². The molecule has 0 fully saturated rings. The smallest absolute Gasteiger partial charge is 0.362 e. The summed E-state index contributed by atoms with van der Waals surface area (Å²) in [5.74, 6) is -0.320. The molecule has 0 radical (unpaired) electrons. The number of aromatic nitrogens is 4. The van der Waals surface area contributed by atoms with Crippen LogP contribution < -0.4 is 10.9 Å². The predicted molar refractivity (Wildman–Crippen MR) is 77.4 cm³/mol. The largest absolute Gasteiger partial charge is 0.461 e. The van der Waals surface area contributed by atoms with Crippen LogP contribution in [0.5, 0.6) is 0 Å². The summed E-state index contributed by atoms with van der Waals surface area (Å²) in [5.41, 5.74) is 0.0123. The van der Waals surface area contributed by atoms with Gasteiger partial charge in [0.25, 0.3) is 5.56 Å². The molecule has 8 nitrogen and oxygen atoms in total. The van der Waals surface area contributed by atoms with Gasteiger partial charge in [-0.1, -0.05) is 0 Å². The number of rotatable bonds is 5. The third kappa shape index (κ3) is 2.83. The molecule has 0 aliphatic carbocycles. The number of esters is 1. The molecule has 112 valence electrons. The zero-order chi connectivity index (χ0) is 15.4. The van der Waals surface area contributed by atoms with Crippen molar-refractivity contribution < 1.29 is 9.53 Å². The average Bonchev–Trinajstić information content (AvgIpc) is 2.47. The van der Waals surface area contributed by atoms with Gasteiger partial charge in [-0.15, -0.1) is 0 Å². The summed E-state index contributed by atoms with van der Waals surface area (Å²) in [7, 11) is 0. The second-order valence-electron chi connectivity index (χ2n) is 4.16. The van der Waals surface area contributed by atoms with E-state index in [0.717, 1.165) is 0 Å². The molecular weight excluding hydrogens is 274 g/mol. The molecule has 0 unspecified atom stereocenters. The highest BCUT2D eigenvalue weighted by Crippen LogP contribution is 2.10. The molecule has 2 aromatic rings. The Kier molecular flexibility index (Phi) is 4.46. The van der Waals surface area contributed by atoms with Crippen molar-refractivity contribution in [2.75, 3.05) is 18.5 Å². The highest BCUT2D eigenvalue weighted by molar-refractivity contribution is 5.89. The van der Waals surface area contributed by atoms with Gasteiger partial charge in [-0.2, -0.15) is 4.98 Å². The van der Waals surface area contributed by atoms with Crippen molar-refractivity contribution in [3.63, 3.8) is 0 Å². The van der Waals surface area contributed by atoms with E-state index < -0.39 is 11.5 Å². The van der Waals surface area contributed by atoms with Crippen molar-refractivity contribution in [2.45, 2.75) is 27.3 Å². The maximum atomic E-state index is 12.3. The fourth-order valence-electron chi connectivity index (χ4n) is 1.91. The average molecular weight is 291 g/mol. The molecule has 0 aliphatic rings. The van der Waals surface area contributed by atoms with E-state index in [0.29, 0.717) is 30.2 Å². The van der Waals surface area contributed by atoms with Crippen LogP contribution in [0, 0.1) is 0 Å². The molecule has 0 saturated carbocycles. The number of aryl methyl sites for hydroxylation is 1. The van der Waals surface area contributed by atoms with E-state index in [4.69, 9.17) is 4.74 Å². The number of carbonyl (C=O) groups excluding carboxylic acids is 1. The third-order valence-electron chi connectivity index (χ3n) is 2.81. The van der Waals surface area contributed by atoms with Gasteiger partial charge < -0.3 is 10.1 Å². The lowest BCUT2D eigenvalue weighted by Crippen LogP contribution is -2.29. The number of ether oxygens (including phenoxy) is 1. The first-order valence-electron chi connectivity index (χ1n) is 6.80. The van der Waals surface area contributed by atoms with Gasteiger partial charge >= 0.3 is 5.97 Å². The summed E-state index contributed by atoms with van der Waals surface area (Å²) in [5, 5.41) is 2.97. The molecule has 0 amide bonds. The highest BCUT2D eigenvalue weighted by Gasteiger charge is 2.19. The molecule has 2 rings (SSSR count). The van der Waals surface area contributed by atoms with Crippen molar-refractivity contribution in [3.05, 3.63) is 22.2 Å². The van der Waals surface area contributed by atoms with Gasteiger partial charge in [-0.3, -0.25) is 9.36 Å². The van der Waals surface area contributed by atoms with Crippen LogP contribution in [0.3, 0.4) is 0 Å². The number of fused-ring (bicyclic) bond motifs is 1. The standard InChI is InChI=1S/C13H17N5O3/c1-4-14-13-15-7-8-10(17-13)18(5-2)11(19)9(16-8)12(20)21-6-3/h7H,4-6H2,1-3H3,(H,14,15,17). The lowest BCUT2D eigenvalue weighted by molar-refractivity contribution is 0.0517. The maximum Gasteiger partial charge on any atom is 0.362 e. The quantitative estimate of drug-likeness (QED) is 0.814. The molecule has 0 bridgehead atoms. The second kappa shape index (κ2) is 6.29. The Morgan fingerprint density at radius 1 is 1.33 bits per heavy atom. The van der Waals surface area contributed by atoms with Crippen LogP contribution in [0.2, 0.25) is 0 Å². The molecular formula is C13H17N5O3. The van der Waals surface area contributed by atoms with Crippen LogP contribution in [-0.4, -0.2) is 38.6 Å². The van der Waals surface area contributed by atoms with Crippen LogP contribution in [0.1, 0.15) is 31.3 Å². The van der Waals surface area contributed by atoms with E-state index in [1.165, 1.54) is 10.8 Å². The number of nitrogens with zero attached hydrogens (tertiary/aromatic N) is 4. The molecule has 21 heavy (non-hydrogen) atoms. The van der Waals surface area contributed by atoms with E-state index >= 15 is 0 Å². The predicted octanol–water partition coefficient (Wildman–Crippen LogP) is 0.815. The van der Waals surface area contributed by atoms with Crippen molar-refractivity contribution >= 4 is 23.1 Å². The van der Waals surface area contributed by atoms with E-state index in [1.807, 2.05) is 6.92 Å². The Hall–Kier alpha value is -2.51. The number of hydrogen-bond donors (Lipinski definition) is 1. The second-order valence-corrected chi connectivity index (χ2v) is 4.16. The van der Waals surface area contributed by atoms with E-state index in [-0.39, 0.29) is 12.3 Å². The fraction of sp³-hybridized carbons (Fsp3) is 0.462. The number of anilines is 1. The minimum absolute atomic E-state index is 0.181. The molecule has 0 saturated heterocycles. The highest BCUT2D eigenvalue weighted by atomic mass is 16.5. The molecule has 0 spiro atoms. The summed E-state index contributed by atoms with van der Waals surface area (Å²) >= 11 is 0. The Bertz CT molecular complexity index is 726. The molecule has 2 heterocycles. The zero-order valence-corrected chi connectivity index (χ0v) is 12.2. The first-order chi connectivity index (χ1) is 10.1. The SMILES string of the molecule is CCNc1ncc2nc(C(=O)OCC)c(=O)n(CC)c2n1. The van der Waals surface area contributed by atoms with Crippen LogP contribution in [0.25, 0.3) is 11.2 Å². The van der Waals surface area contributed by atoms with Gasteiger partial charge in [0.2, 0.25) is 11.6 Å². The van der Waals surface area contributed by atoms with Crippen molar-refractivity contribution in [2.24, 2.45) is 0 Å². The van der Waals surface area contributed by atoms with Crippen LogP contribution in [0.4, 0.5) is 5.95 Å². The Morgan fingerprint density at radius 2 is 2.10 bits per heavy atom. The number of carbonyl (C=O) groups is 1. The van der Waals surface area contributed by atoms with E-state index in [1.54, 1.807) is 13.8 Å². The Morgan fingerprint density at radius 3 is 2.71 bits per heavy atom. The minimum Gasteiger partial charge on any atom is -0.461 e. The van der Waals surface area contributed by atoms with Gasteiger partial charge in [0.1, 0.15) is 5.52 Å². The van der Waals surface area contributed by atoms with Gasteiger partial charge in [-0.25, -0.2) is 14.8 Å². The normalized spacial score (nSPS) is 10.6. The molecule has 2 aromatic heterocycles. The molecule has 0 atom stereocenters. The van der Waals surface area contributed by atoms with E-state index in [9.17, 15) is 9.59 Å². The van der Waals surface area contributed by atoms with Crippen LogP contribution in [-0.2, 0) is 11.3 Å². The first kappa shape index (κ1) is 14.9. The zero-order valence-electron chi connectivity index (χ0n) is 12.2. The molecule has 1 N–H and O–H groups in total. The third-order valence-corrected chi connectivity index (χ3v) is 2.81. The minimum atomic E-state index is -0.734. The van der Waals surface area contributed by atoms with Crippen LogP contribution in [0.15, 0.2) is 11.0 Å². The van der Waals surface area contributed by atoms with Crippen molar-refractivity contribution in [1.29, 1.82) is 0 Å². The summed E-state index contributed by atoms with van der Waals surface area (Å²) in [6.07, 6.45) is 1.48. The molecule has 0 aromatic carbocycles. The Labute approximate surface area is 121 Å². The lowest BCUT2D eigenvalue weighted by Gasteiger charge is -2.10. The molecule has 8 heteroatoms. The summed E-state index contributed by atoms with van der Waals surface area (Å²) in [6.45, 7) is 6.60. The fourth-order valence-corrected chi connectivity index (χ4v) is 1.91. The van der Waals surface area contributed by atoms with Gasteiger partial charge in [0.15, 0.2) is 5.65 Å². The number of nitrogens with one attached hydrogen (secondary N) is 1. The Balaban J connectivity index is 2.67. The van der Waals surface area contributed by atoms with Crippen LogP contribution >= 0.6 is 0 Å². The van der Waals surface area contributed by atoms with Gasteiger partial charge in [0, 0.05) is 13.1 Å². The van der Waals surface area contributed by atoms with E-state index in [2.05, 4.69) is 20.3 Å². The summed E-state index contributed by atoms with van der Waals surface area (Å²) in [6, 6.07) is 0. The van der Waals surface area contributed by atoms with Crippen molar-refractivity contribution in [3.8, 4) is 0 Å². The monoisotopic (exact) mass is 291 g/mol. The lowest BCUT2D eigenvalue weighted by atomic mass is 10.4. The van der Waals surface area contributed by atoms with Gasteiger partial charge in [0.05, 0.1) is 12.8 Å². The number of hydrogen-bond acceptors (Lipinski definition) is 7. The first-order valence-corrected chi connectivity index (χ1v) is 6.80. The van der Waals surface area contributed by atoms with Gasteiger partial charge in [-0.05, 0) is 20.8 Å². The summed E-state index contributed by atoms with van der Waals surface area (Å²) in [4.78, 5) is 36.5.